The van der Waals surface area contributed by atoms with Crippen molar-refractivity contribution in [2.75, 3.05) is 13.2 Å². The highest BCUT2D eigenvalue weighted by atomic mass is 32.2. The fourth-order valence-electron chi connectivity index (χ4n) is 3.03. The molecule has 1 aliphatic rings. The van der Waals surface area contributed by atoms with E-state index in [0.717, 1.165) is 22.4 Å². The molecular formula is C19H23NO4S. The standard InChI is InChI=1S/C19H23NO4S/c1-3-23-16-7-8-19-17(12-16)18(9-10-24-19)20-25(21,22)13-15-6-4-5-14(2)11-15/h4-8,11-12,18,20H,3,9-10,13H2,1-2H3. The number of hydrogen-bond acceptors (Lipinski definition) is 4. The van der Waals surface area contributed by atoms with Crippen LogP contribution in [-0.4, -0.2) is 21.6 Å². The highest BCUT2D eigenvalue weighted by Gasteiger charge is 2.26. The third-order valence-electron chi connectivity index (χ3n) is 4.09. The van der Waals surface area contributed by atoms with E-state index in [9.17, 15) is 8.42 Å². The molecule has 3 rings (SSSR count). The SMILES string of the molecule is CCOc1ccc2c(c1)C(NS(=O)(=O)Cc1cccc(C)c1)CCO2. The van der Waals surface area contributed by atoms with Gasteiger partial charge in [-0.05, 0) is 37.6 Å². The zero-order chi connectivity index (χ0) is 17.9. The van der Waals surface area contributed by atoms with Crippen molar-refractivity contribution in [3.63, 3.8) is 0 Å². The summed E-state index contributed by atoms with van der Waals surface area (Å²) in [5.74, 6) is 1.39. The topological polar surface area (TPSA) is 64.6 Å². The molecule has 2 aromatic carbocycles. The second-order valence-electron chi connectivity index (χ2n) is 6.19. The third kappa shape index (κ3) is 4.52. The van der Waals surface area contributed by atoms with Crippen LogP contribution in [0.4, 0.5) is 0 Å². The minimum Gasteiger partial charge on any atom is -0.494 e. The average Bonchev–Trinajstić information content (AvgIpc) is 2.55. The van der Waals surface area contributed by atoms with Crippen molar-refractivity contribution in [3.05, 3.63) is 59.2 Å². The fourth-order valence-corrected chi connectivity index (χ4v) is 4.41. The summed E-state index contributed by atoms with van der Waals surface area (Å²) < 4.78 is 39.2. The molecule has 1 unspecified atom stereocenters. The van der Waals surface area contributed by atoms with Crippen molar-refractivity contribution in [2.24, 2.45) is 0 Å². The zero-order valence-corrected chi connectivity index (χ0v) is 15.3. The lowest BCUT2D eigenvalue weighted by Crippen LogP contribution is -2.33. The van der Waals surface area contributed by atoms with Crippen molar-refractivity contribution in [1.29, 1.82) is 0 Å². The van der Waals surface area contributed by atoms with E-state index in [2.05, 4.69) is 4.72 Å². The Balaban J connectivity index is 1.80. The molecule has 2 aromatic rings. The number of benzene rings is 2. The molecule has 0 bridgehead atoms. The highest BCUT2D eigenvalue weighted by Crippen LogP contribution is 2.35. The number of fused-ring (bicyclic) bond motifs is 1. The molecule has 134 valence electrons. The van der Waals surface area contributed by atoms with Gasteiger partial charge in [0, 0.05) is 12.0 Å². The Labute approximate surface area is 149 Å². The van der Waals surface area contributed by atoms with Gasteiger partial charge in [-0.2, -0.15) is 0 Å². The molecule has 25 heavy (non-hydrogen) atoms. The first-order valence-corrected chi connectivity index (χ1v) is 10.1. The minimum atomic E-state index is -3.47. The Morgan fingerprint density at radius 2 is 2.08 bits per heavy atom. The molecule has 0 aromatic heterocycles. The predicted molar refractivity (Wildman–Crippen MR) is 97.4 cm³/mol. The molecule has 0 saturated heterocycles. The summed E-state index contributed by atoms with van der Waals surface area (Å²) in [7, 11) is -3.47. The van der Waals surface area contributed by atoms with Crippen molar-refractivity contribution in [3.8, 4) is 11.5 Å². The maximum absolute atomic E-state index is 12.6. The maximum Gasteiger partial charge on any atom is 0.216 e. The van der Waals surface area contributed by atoms with Crippen LogP contribution in [0.25, 0.3) is 0 Å². The Kier molecular flexibility index (Phi) is 5.30. The Morgan fingerprint density at radius 3 is 2.84 bits per heavy atom. The first kappa shape index (κ1) is 17.8. The van der Waals surface area contributed by atoms with Gasteiger partial charge in [0.15, 0.2) is 0 Å². The molecule has 5 nitrogen and oxygen atoms in total. The number of rotatable bonds is 6. The van der Waals surface area contributed by atoms with Crippen LogP contribution in [-0.2, 0) is 15.8 Å². The summed E-state index contributed by atoms with van der Waals surface area (Å²) in [6.45, 7) is 4.91. The molecule has 1 aliphatic heterocycles. The van der Waals surface area contributed by atoms with E-state index in [1.807, 2.05) is 56.3 Å². The van der Waals surface area contributed by atoms with Crippen molar-refractivity contribution < 1.29 is 17.9 Å². The van der Waals surface area contributed by atoms with Crippen molar-refractivity contribution in [2.45, 2.75) is 32.1 Å². The van der Waals surface area contributed by atoms with Gasteiger partial charge in [0.1, 0.15) is 11.5 Å². The van der Waals surface area contributed by atoms with E-state index >= 15 is 0 Å². The number of aryl methyl sites for hydroxylation is 1. The van der Waals surface area contributed by atoms with Crippen LogP contribution < -0.4 is 14.2 Å². The van der Waals surface area contributed by atoms with Gasteiger partial charge >= 0.3 is 0 Å². The number of sulfonamides is 1. The maximum atomic E-state index is 12.6. The number of ether oxygens (including phenoxy) is 2. The molecule has 1 atom stereocenters. The van der Waals surface area contributed by atoms with Gasteiger partial charge in [0.05, 0.1) is 25.0 Å². The van der Waals surface area contributed by atoms with Crippen LogP contribution >= 0.6 is 0 Å². The second-order valence-corrected chi connectivity index (χ2v) is 7.94. The summed E-state index contributed by atoms with van der Waals surface area (Å²) in [5, 5.41) is 0. The van der Waals surface area contributed by atoms with E-state index in [0.29, 0.717) is 25.4 Å². The monoisotopic (exact) mass is 361 g/mol. The first-order valence-electron chi connectivity index (χ1n) is 8.42. The normalized spacial score (nSPS) is 16.8. The van der Waals surface area contributed by atoms with Gasteiger partial charge in [-0.15, -0.1) is 0 Å². The van der Waals surface area contributed by atoms with Crippen LogP contribution in [0, 0.1) is 6.92 Å². The van der Waals surface area contributed by atoms with Gasteiger partial charge in [-0.25, -0.2) is 13.1 Å². The van der Waals surface area contributed by atoms with Crippen molar-refractivity contribution >= 4 is 10.0 Å². The molecule has 1 heterocycles. The Bertz CT molecular complexity index is 848. The number of hydrogen-bond donors (Lipinski definition) is 1. The lowest BCUT2D eigenvalue weighted by atomic mass is 10.0. The molecular weight excluding hydrogens is 338 g/mol. The summed E-state index contributed by atoms with van der Waals surface area (Å²) in [6.07, 6.45) is 0.593. The first-order chi connectivity index (χ1) is 12.0. The summed E-state index contributed by atoms with van der Waals surface area (Å²) in [5.41, 5.74) is 2.65. The van der Waals surface area contributed by atoms with Gasteiger partial charge in [0.25, 0.3) is 0 Å². The molecule has 0 spiro atoms. The van der Waals surface area contributed by atoms with E-state index in [-0.39, 0.29) is 11.8 Å². The molecule has 6 heteroatoms. The number of nitrogens with one attached hydrogen (secondary N) is 1. The quantitative estimate of drug-likeness (QED) is 0.857. The van der Waals surface area contributed by atoms with Crippen LogP contribution in [0.5, 0.6) is 11.5 Å². The summed E-state index contributed by atoms with van der Waals surface area (Å²) >= 11 is 0. The summed E-state index contributed by atoms with van der Waals surface area (Å²) in [6, 6.07) is 12.8. The van der Waals surface area contributed by atoms with Crippen LogP contribution in [0.1, 0.15) is 36.1 Å². The lowest BCUT2D eigenvalue weighted by Gasteiger charge is -2.27. The predicted octanol–water partition coefficient (Wildman–Crippen LogP) is 3.34. The molecule has 1 N–H and O–H groups in total. The smallest absolute Gasteiger partial charge is 0.216 e. The van der Waals surface area contributed by atoms with Gasteiger partial charge in [-0.3, -0.25) is 0 Å². The second kappa shape index (κ2) is 7.45. The Hall–Kier alpha value is -2.05. The molecule has 0 aliphatic carbocycles. The molecule has 0 fully saturated rings. The largest absolute Gasteiger partial charge is 0.494 e. The zero-order valence-electron chi connectivity index (χ0n) is 14.5. The molecule has 0 radical (unpaired) electrons. The van der Waals surface area contributed by atoms with Crippen molar-refractivity contribution in [1.82, 2.24) is 4.72 Å². The van der Waals surface area contributed by atoms with Crippen LogP contribution in [0.3, 0.4) is 0 Å². The lowest BCUT2D eigenvalue weighted by molar-refractivity contribution is 0.261. The van der Waals surface area contributed by atoms with Gasteiger partial charge < -0.3 is 9.47 Å². The average molecular weight is 361 g/mol. The van der Waals surface area contributed by atoms with Crippen LogP contribution in [0.15, 0.2) is 42.5 Å². The molecule has 0 amide bonds. The van der Waals surface area contributed by atoms with E-state index in [4.69, 9.17) is 9.47 Å². The van der Waals surface area contributed by atoms with E-state index < -0.39 is 10.0 Å². The van der Waals surface area contributed by atoms with E-state index in [1.54, 1.807) is 0 Å². The summed E-state index contributed by atoms with van der Waals surface area (Å²) in [4.78, 5) is 0. The minimum absolute atomic E-state index is 0.0352. The van der Waals surface area contributed by atoms with Gasteiger partial charge in [-0.1, -0.05) is 29.8 Å². The third-order valence-corrected chi connectivity index (χ3v) is 5.45. The van der Waals surface area contributed by atoms with Crippen LogP contribution in [0.2, 0.25) is 0 Å². The van der Waals surface area contributed by atoms with Gasteiger partial charge in [0.2, 0.25) is 10.0 Å². The highest BCUT2D eigenvalue weighted by molar-refractivity contribution is 7.88. The fraction of sp³-hybridized carbons (Fsp3) is 0.368. The van der Waals surface area contributed by atoms with E-state index in [1.165, 1.54) is 0 Å². The Morgan fingerprint density at radius 1 is 1.24 bits per heavy atom. The molecule has 0 saturated carbocycles.